The summed E-state index contributed by atoms with van der Waals surface area (Å²) in [4.78, 5) is 11.8. The molecule has 0 unspecified atom stereocenters. The molecular weight excluding hydrogens is 234 g/mol. The second-order valence-corrected chi connectivity index (χ2v) is 4.11. The lowest BCUT2D eigenvalue weighted by atomic mass is 9.43. The van der Waals surface area contributed by atoms with Crippen LogP contribution in [0.15, 0.2) is 0 Å². The number of hydrogen-bond donors (Lipinski definition) is 0. The normalized spacial score (nSPS) is 32.2. The Labute approximate surface area is 105 Å². The summed E-state index contributed by atoms with van der Waals surface area (Å²) >= 11 is 0. The van der Waals surface area contributed by atoms with Crippen LogP contribution in [0.2, 0.25) is 0 Å². The summed E-state index contributed by atoms with van der Waals surface area (Å²) in [7, 11) is 1.13. The van der Waals surface area contributed by atoms with Gasteiger partial charge in [-0.25, -0.2) is 0 Å². The Morgan fingerprint density at radius 2 is 1.83 bits per heavy atom. The van der Waals surface area contributed by atoms with Crippen LogP contribution in [0.1, 0.15) is 13.8 Å². The molecule has 1 rings (SSSR count). The first-order valence-corrected chi connectivity index (χ1v) is 5.46. The Bertz CT molecular complexity index is 468. The first-order chi connectivity index (χ1) is 8.52. The van der Waals surface area contributed by atoms with Gasteiger partial charge in [-0.15, -0.1) is 0 Å². The maximum Gasteiger partial charge on any atom is 0.329 e. The summed E-state index contributed by atoms with van der Waals surface area (Å²) in [5, 5.41) is 27.8. The quantitative estimate of drug-likeness (QED) is 0.681. The van der Waals surface area contributed by atoms with E-state index in [0.29, 0.717) is 6.61 Å². The monoisotopic (exact) mass is 247 g/mol. The second-order valence-electron chi connectivity index (χ2n) is 4.11. The van der Waals surface area contributed by atoms with Crippen molar-refractivity contribution in [3.05, 3.63) is 0 Å². The summed E-state index contributed by atoms with van der Waals surface area (Å²) in [6, 6.07) is 5.35. The molecule has 0 bridgehead atoms. The molecule has 1 fully saturated rings. The lowest BCUT2D eigenvalue weighted by molar-refractivity contribution is -0.205. The molecule has 3 atom stereocenters. The van der Waals surface area contributed by atoms with E-state index in [9.17, 15) is 20.6 Å². The van der Waals surface area contributed by atoms with Crippen LogP contribution < -0.4 is 0 Å². The highest BCUT2D eigenvalue weighted by Gasteiger charge is 2.78. The summed E-state index contributed by atoms with van der Waals surface area (Å²) in [6.45, 7) is 3.62. The number of ether oxygens (including phenoxy) is 2. The number of nitrogens with zero attached hydrogens (tertiary/aromatic N) is 3. The van der Waals surface area contributed by atoms with Crippen LogP contribution in [-0.4, -0.2) is 25.8 Å². The highest BCUT2D eigenvalue weighted by molar-refractivity contribution is 5.85. The number of carbonyl (C=O) groups is 1. The Balaban J connectivity index is 3.39. The van der Waals surface area contributed by atoms with Crippen molar-refractivity contribution in [1.82, 2.24) is 0 Å². The molecule has 94 valence electrons. The minimum atomic E-state index is -1.82. The molecule has 0 spiro atoms. The molecule has 1 saturated carbocycles. The molecule has 0 aliphatic heterocycles. The zero-order valence-corrected chi connectivity index (χ0v) is 10.4. The fourth-order valence-corrected chi connectivity index (χ4v) is 2.61. The third kappa shape index (κ3) is 1.26. The average molecular weight is 247 g/mol. The molecule has 1 aliphatic rings. The molecule has 0 amide bonds. The van der Waals surface area contributed by atoms with E-state index in [-0.39, 0.29) is 0 Å². The van der Waals surface area contributed by atoms with Gasteiger partial charge in [0.05, 0.1) is 31.4 Å². The Hall–Kier alpha value is -2.10. The minimum Gasteiger partial charge on any atom is -0.468 e. The smallest absolute Gasteiger partial charge is 0.329 e. The van der Waals surface area contributed by atoms with Crippen LogP contribution in [0.25, 0.3) is 0 Å². The number of hydrogen-bond acceptors (Lipinski definition) is 6. The van der Waals surface area contributed by atoms with E-state index in [4.69, 9.17) is 4.74 Å². The number of nitriles is 3. The molecular formula is C12H13N3O3. The lowest BCUT2D eigenvalue weighted by Gasteiger charge is -2.55. The van der Waals surface area contributed by atoms with E-state index in [1.165, 1.54) is 0 Å². The zero-order valence-electron chi connectivity index (χ0n) is 10.4. The molecule has 0 radical (unpaired) electrons. The third-order valence-electron chi connectivity index (χ3n) is 3.57. The van der Waals surface area contributed by atoms with Gasteiger partial charge >= 0.3 is 5.97 Å². The Morgan fingerprint density at radius 1 is 1.28 bits per heavy atom. The highest BCUT2D eigenvalue weighted by Crippen LogP contribution is 2.61. The number of rotatable bonds is 3. The van der Waals surface area contributed by atoms with Crippen LogP contribution in [-0.2, 0) is 14.3 Å². The SMILES string of the molecule is CCO[C@@H]1[C@H](C)[C@](C#N)(C(=O)OC)C1(C#N)C#N. The highest BCUT2D eigenvalue weighted by atomic mass is 16.5. The van der Waals surface area contributed by atoms with E-state index in [1.807, 2.05) is 0 Å². The van der Waals surface area contributed by atoms with E-state index in [2.05, 4.69) is 4.74 Å². The van der Waals surface area contributed by atoms with Gasteiger partial charge in [-0.2, -0.15) is 15.8 Å². The van der Waals surface area contributed by atoms with Gasteiger partial charge in [0.1, 0.15) is 0 Å². The fourth-order valence-electron chi connectivity index (χ4n) is 2.61. The van der Waals surface area contributed by atoms with E-state index in [0.717, 1.165) is 7.11 Å². The van der Waals surface area contributed by atoms with Crippen LogP contribution in [0.4, 0.5) is 0 Å². The van der Waals surface area contributed by atoms with Crippen molar-refractivity contribution in [2.75, 3.05) is 13.7 Å². The summed E-state index contributed by atoms with van der Waals surface area (Å²) in [5.74, 6) is -1.44. The molecule has 0 N–H and O–H groups in total. The second kappa shape index (κ2) is 4.64. The van der Waals surface area contributed by atoms with Gasteiger partial charge in [-0.05, 0) is 6.92 Å². The average Bonchev–Trinajstić information content (AvgIpc) is 2.41. The zero-order chi connectivity index (χ0) is 14.0. The van der Waals surface area contributed by atoms with E-state index >= 15 is 0 Å². The fraction of sp³-hybridized carbons (Fsp3) is 0.667. The van der Waals surface area contributed by atoms with Gasteiger partial charge in [0, 0.05) is 12.5 Å². The minimum absolute atomic E-state index is 0.294. The predicted octanol–water partition coefficient (Wildman–Crippen LogP) is 0.758. The van der Waals surface area contributed by atoms with Crippen molar-refractivity contribution in [3.8, 4) is 18.2 Å². The first kappa shape index (κ1) is 14.0. The standard InChI is InChI=1S/C12H13N3O3/c1-4-18-9-8(2)12(7-15,10(16)17-3)11(9,5-13)6-14/h8-9H,4H2,1-3H3/t8-,9+,12+/m0/s1. The maximum atomic E-state index is 11.8. The summed E-state index contributed by atoms with van der Waals surface area (Å²) < 4.78 is 9.92. The Morgan fingerprint density at radius 3 is 2.17 bits per heavy atom. The molecule has 0 heterocycles. The van der Waals surface area contributed by atoms with Crippen LogP contribution >= 0.6 is 0 Å². The molecule has 0 aromatic rings. The summed E-state index contributed by atoms with van der Waals surface area (Å²) in [5.41, 5.74) is -3.60. The van der Waals surface area contributed by atoms with Gasteiger partial charge < -0.3 is 9.47 Å². The van der Waals surface area contributed by atoms with Crippen molar-refractivity contribution >= 4 is 5.97 Å². The topological polar surface area (TPSA) is 107 Å². The molecule has 1 aliphatic carbocycles. The van der Waals surface area contributed by atoms with Gasteiger partial charge in [0.15, 0.2) is 10.8 Å². The molecule has 6 heteroatoms. The van der Waals surface area contributed by atoms with Crippen molar-refractivity contribution in [3.63, 3.8) is 0 Å². The van der Waals surface area contributed by atoms with Gasteiger partial charge in [-0.3, -0.25) is 4.79 Å². The molecule has 6 nitrogen and oxygen atoms in total. The van der Waals surface area contributed by atoms with Crippen molar-refractivity contribution < 1.29 is 14.3 Å². The summed E-state index contributed by atoms with van der Waals surface area (Å²) in [6.07, 6.45) is -0.767. The van der Waals surface area contributed by atoms with Crippen LogP contribution in [0.3, 0.4) is 0 Å². The van der Waals surface area contributed by atoms with Crippen molar-refractivity contribution in [1.29, 1.82) is 15.8 Å². The van der Waals surface area contributed by atoms with Crippen LogP contribution in [0, 0.1) is 50.7 Å². The maximum absolute atomic E-state index is 11.8. The van der Waals surface area contributed by atoms with Crippen LogP contribution in [0.5, 0.6) is 0 Å². The molecule has 0 aromatic heterocycles. The van der Waals surface area contributed by atoms with Gasteiger partial charge in [-0.1, -0.05) is 6.92 Å². The number of esters is 1. The van der Waals surface area contributed by atoms with E-state index < -0.39 is 28.8 Å². The number of carbonyl (C=O) groups excluding carboxylic acids is 1. The first-order valence-electron chi connectivity index (χ1n) is 5.46. The molecule has 0 saturated heterocycles. The van der Waals surface area contributed by atoms with Crippen molar-refractivity contribution in [2.45, 2.75) is 20.0 Å². The van der Waals surface area contributed by atoms with Crippen molar-refractivity contribution in [2.24, 2.45) is 16.7 Å². The van der Waals surface area contributed by atoms with Gasteiger partial charge in [0.25, 0.3) is 0 Å². The Kier molecular flexibility index (Phi) is 3.60. The third-order valence-corrected chi connectivity index (χ3v) is 3.57. The largest absolute Gasteiger partial charge is 0.468 e. The van der Waals surface area contributed by atoms with E-state index in [1.54, 1.807) is 32.1 Å². The lowest BCUT2D eigenvalue weighted by Crippen LogP contribution is -2.70. The molecule has 0 aromatic carbocycles. The molecule has 18 heavy (non-hydrogen) atoms. The van der Waals surface area contributed by atoms with Gasteiger partial charge in [0.2, 0.25) is 0 Å². The predicted molar refractivity (Wildman–Crippen MR) is 58.3 cm³/mol. The number of methoxy groups -OCH3 is 1.